The lowest BCUT2D eigenvalue weighted by Gasteiger charge is -2.37. The molecule has 0 spiro atoms. The molecule has 4 atom stereocenters. The molecule has 1 fully saturated rings. The van der Waals surface area contributed by atoms with Crippen molar-refractivity contribution in [2.45, 2.75) is 116 Å². The molecular formula is C35H57N5O6. The van der Waals surface area contributed by atoms with Crippen LogP contribution in [-0.4, -0.2) is 96.2 Å². The molecule has 0 bridgehead atoms. The van der Waals surface area contributed by atoms with Crippen molar-refractivity contribution in [3.05, 3.63) is 29.8 Å². The second-order valence-corrected chi connectivity index (χ2v) is 13.6. The highest BCUT2D eigenvalue weighted by atomic mass is 16.5. The van der Waals surface area contributed by atoms with E-state index < -0.39 is 30.3 Å². The summed E-state index contributed by atoms with van der Waals surface area (Å²) in [5, 5.41) is 20.2. The van der Waals surface area contributed by atoms with E-state index >= 15 is 0 Å². The Hall–Kier alpha value is -3.18. The molecule has 1 saturated heterocycles. The maximum Gasteiger partial charge on any atom is 0.257 e. The fourth-order valence-corrected chi connectivity index (χ4v) is 6.34. The van der Waals surface area contributed by atoms with Crippen molar-refractivity contribution in [2.75, 3.05) is 33.3 Å². The number of amides is 4. The number of hydrogen-bond acceptors (Lipinski definition) is 7. The van der Waals surface area contributed by atoms with E-state index in [-0.39, 0.29) is 47.5 Å². The zero-order chi connectivity index (χ0) is 33.6. The van der Waals surface area contributed by atoms with Gasteiger partial charge in [0.25, 0.3) is 11.8 Å². The van der Waals surface area contributed by atoms with Crippen molar-refractivity contribution in [1.29, 1.82) is 0 Å². The maximum absolute atomic E-state index is 14.1. The van der Waals surface area contributed by atoms with Crippen molar-refractivity contribution in [3.8, 4) is 5.75 Å². The van der Waals surface area contributed by atoms with Crippen LogP contribution in [0.15, 0.2) is 24.3 Å². The number of fused-ring (bicyclic) bond motifs is 2. The van der Waals surface area contributed by atoms with E-state index in [1.807, 2.05) is 13.8 Å². The van der Waals surface area contributed by atoms with Crippen LogP contribution in [0, 0.1) is 11.8 Å². The minimum Gasteiger partial charge on any atom is -0.483 e. The molecule has 0 saturated carbocycles. The summed E-state index contributed by atoms with van der Waals surface area (Å²) >= 11 is 0. The summed E-state index contributed by atoms with van der Waals surface area (Å²) in [5.41, 5.74) is 0.231. The molecule has 46 heavy (non-hydrogen) atoms. The fraction of sp³-hybridized carbons (Fsp3) is 0.714. The quantitative estimate of drug-likeness (QED) is 0.394. The minimum atomic E-state index is -0.893. The van der Waals surface area contributed by atoms with Gasteiger partial charge in [0.1, 0.15) is 24.1 Å². The van der Waals surface area contributed by atoms with Crippen molar-refractivity contribution in [2.24, 2.45) is 11.8 Å². The summed E-state index contributed by atoms with van der Waals surface area (Å²) < 4.78 is 5.76. The average Bonchev–Trinajstić information content (AvgIpc) is 3.51. The van der Waals surface area contributed by atoms with Gasteiger partial charge in [-0.3, -0.25) is 24.5 Å². The monoisotopic (exact) mass is 643 g/mol. The van der Waals surface area contributed by atoms with Gasteiger partial charge in [-0.1, -0.05) is 65.5 Å². The highest BCUT2D eigenvalue weighted by Crippen LogP contribution is 2.25. The van der Waals surface area contributed by atoms with E-state index in [0.29, 0.717) is 45.3 Å². The highest BCUT2D eigenvalue weighted by Gasteiger charge is 2.41. The van der Waals surface area contributed by atoms with Crippen LogP contribution < -0.4 is 20.7 Å². The Bertz CT molecular complexity index is 1140. The molecule has 0 aromatic heterocycles. The van der Waals surface area contributed by atoms with Gasteiger partial charge in [0.15, 0.2) is 6.61 Å². The molecule has 0 radical (unpaired) electrons. The standard InChI is InChI=1S/C35H57N5O6/c1-24(2)21-27-34(44)40-20-14-16-28(40)35(45)39(5)29(22-25(3)4)33(43)37-19-13-9-7-6-8-12-18-36-31(41)23-46-30-17-11-10-15-26(30)32(42)38-27/h10-11,15,17,24-25,27-29,33,37,43H,6-9,12-14,16,18-23H2,1-5H3,(H,36,41)(H,38,42)/t27-,28-,29+,33?/m1/s1. The van der Waals surface area contributed by atoms with Crippen LogP contribution in [0.4, 0.5) is 0 Å². The third-order valence-electron chi connectivity index (χ3n) is 8.82. The number of para-hydroxylation sites is 1. The van der Waals surface area contributed by atoms with Gasteiger partial charge in [-0.2, -0.15) is 0 Å². The van der Waals surface area contributed by atoms with Crippen molar-refractivity contribution in [3.63, 3.8) is 0 Å². The number of carbonyl (C=O) groups excluding carboxylic acids is 4. The first-order valence-corrected chi connectivity index (χ1v) is 17.3. The Balaban J connectivity index is 1.87. The second kappa shape index (κ2) is 18.8. The highest BCUT2D eigenvalue weighted by molar-refractivity contribution is 6.00. The van der Waals surface area contributed by atoms with Gasteiger partial charge in [-0.15, -0.1) is 0 Å². The molecule has 4 amide bonds. The first kappa shape index (κ1) is 37.3. The molecule has 2 heterocycles. The van der Waals surface area contributed by atoms with Crippen LogP contribution in [0.1, 0.15) is 102 Å². The van der Waals surface area contributed by atoms with E-state index in [0.717, 1.165) is 38.5 Å². The largest absolute Gasteiger partial charge is 0.483 e. The molecule has 1 aromatic carbocycles. The van der Waals surface area contributed by atoms with E-state index in [9.17, 15) is 24.3 Å². The minimum absolute atomic E-state index is 0.0940. The van der Waals surface area contributed by atoms with E-state index in [1.165, 1.54) is 0 Å². The lowest BCUT2D eigenvalue weighted by molar-refractivity contribution is -0.147. The number of ether oxygens (including phenoxy) is 1. The molecule has 258 valence electrons. The van der Waals surface area contributed by atoms with Crippen LogP contribution in [0.25, 0.3) is 0 Å². The first-order valence-electron chi connectivity index (χ1n) is 17.3. The van der Waals surface area contributed by atoms with Crippen LogP contribution in [0.2, 0.25) is 0 Å². The van der Waals surface area contributed by atoms with Gasteiger partial charge < -0.3 is 30.3 Å². The molecule has 1 unspecified atom stereocenters. The predicted molar refractivity (Wildman–Crippen MR) is 178 cm³/mol. The smallest absolute Gasteiger partial charge is 0.257 e. The number of rotatable bonds is 4. The topological polar surface area (TPSA) is 140 Å². The third-order valence-corrected chi connectivity index (χ3v) is 8.82. The number of carbonyl (C=O) groups is 4. The fourth-order valence-electron chi connectivity index (χ4n) is 6.34. The summed E-state index contributed by atoms with van der Waals surface area (Å²) in [6.07, 6.45) is 7.21. The van der Waals surface area contributed by atoms with Gasteiger partial charge in [0, 0.05) is 20.1 Å². The van der Waals surface area contributed by atoms with Gasteiger partial charge in [0.05, 0.1) is 11.6 Å². The number of aliphatic hydroxyl groups is 1. The van der Waals surface area contributed by atoms with Crippen molar-refractivity contribution >= 4 is 23.6 Å². The molecule has 2 aliphatic heterocycles. The Morgan fingerprint density at radius 3 is 2.22 bits per heavy atom. The van der Waals surface area contributed by atoms with Crippen LogP contribution in [0.5, 0.6) is 5.75 Å². The first-order chi connectivity index (χ1) is 22.0. The van der Waals surface area contributed by atoms with Gasteiger partial charge in [-0.05, 0) is 69.0 Å². The zero-order valence-electron chi connectivity index (χ0n) is 28.6. The lowest BCUT2D eigenvalue weighted by Crippen LogP contribution is -2.58. The predicted octanol–water partition coefficient (Wildman–Crippen LogP) is 3.45. The van der Waals surface area contributed by atoms with E-state index in [1.54, 1.807) is 41.1 Å². The van der Waals surface area contributed by atoms with Gasteiger partial charge in [-0.25, -0.2) is 0 Å². The van der Waals surface area contributed by atoms with E-state index in [2.05, 4.69) is 29.8 Å². The summed E-state index contributed by atoms with van der Waals surface area (Å²) in [5.74, 6) is -0.638. The zero-order valence-corrected chi connectivity index (χ0v) is 28.6. The molecule has 4 N–H and O–H groups in total. The second-order valence-electron chi connectivity index (χ2n) is 13.6. The lowest BCUT2D eigenvalue weighted by atomic mass is 9.99. The van der Waals surface area contributed by atoms with Crippen molar-refractivity contribution in [1.82, 2.24) is 25.8 Å². The SMILES string of the molecule is CC(C)C[C@H]1NC(=O)c2ccccc2OCC(=O)NCCCCCCCCNC(O)[C@H](CC(C)C)N(C)C(=O)[C@H]2CCCN2C1=O. The Kier molecular flexibility index (Phi) is 15.3. The van der Waals surface area contributed by atoms with Crippen LogP contribution in [-0.2, 0) is 14.4 Å². The number of nitrogens with one attached hydrogen (secondary N) is 3. The molecule has 1 aromatic rings. The Morgan fingerprint density at radius 2 is 1.52 bits per heavy atom. The average molecular weight is 644 g/mol. The van der Waals surface area contributed by atoms with Crippen molar-refractivity contribution < 1.29 is 29.0 Å². The number of aliphatic hydroxyl groups excluding tert-OH is 1. The molecule has 2 aliphatic rings. The normalized spacial score (nSPS) is 25.7. The molecular weight excluding hydrogens is 586 g/mol. The van der Waals surface area contributed by atoms with Gasteiger partial charge >= 0.3 is 0 Å². The molecule has 11 nitrogen and oxygen atoms in total. The number of benzene rings is 1. The van der Waals surface area contributed by atoms with Crippen LogP contribution in [0.3, 0.4) is 0 Å². The molecule has 3 rings (SSSR count). The summed E-state index contributed by atoms with van der Waals surface area (Å²) in [6, 6.07) is 4.71. The number of likely N-dealkylation sites (N-methyl/N-ethyl adjacent to an activating group) is 1. The van der Waals surface area contributed by atoms with Crippen LogP contribution >= 0.6 is 0 Å². The number of hydrogen-bond donors (Lipinski definition) is 4. The maximum atomic E-state index is 14.1. The Labute approximate surface area is 275 Å². The Morgan fingerprint density at radius 1 is 0.870 bits per heavy atom. The summed E-state index contributed by atoms with van der Waals surface area (Å²) in [4.78, 5) is 57.3. The number of nitrogens with zero attached hydrogens (tertiary/aromatic N) is 2. The summed E-state index contributed by atoms with van der Waals surface area (Å²) in [7, 11) is 1.72. The summed E-state index contributed by atoms with van der Waals surface area (Å²) in [6.45, 7) is 9.48. The van der Waals surface area contributed by atoms with Gasteiger partial charge in [0.2, 0.25) is 11.8 Å². The third kappa shape index (κ3) is 11.3. The molecule has 0 aliphatic carbocycles. The molecule has 11 heteroatoms. The van der Waals surface area contributed by atoms with E-state index in [4.69, 9.17) is 4.74 Å².